The fourth-order valence-corrected chi connectivity index (χ4v) is 2.14. The Bertz CT molecular complexity index is 548. The van der Waals surface area contributed by atoms with Crippen LogP contribution in [-0.2, 0) is 26.6 Å². The molecule has 104 valence electrons. The number of aromatic nitrogens is 4. The highest BCUT2D eigenvalue weighted by molar-refractivity contribution is 6.30. The van der Waals surface area contributed by atoms with Gasteiger partial charge in [0, 0.05) is 25.4 Å². The summed E-state index contributed by atoms with van der Waals surface area (Å²) >= 11 is 6.22. The zero-order valence-electron chi connectivity index (χ0n) is 11.1. The maximum Gasteiger partial charge on any atom is 0.131 e. The van der Waals surface area contributed by atoms with E-state index >= 15 is 0 Å². The average molecular weight is 284 g/mol. The number of hydrogen-bond acceptors (Lipinski definition) is 4. The molecule has 0 aromatic carbocycles. The van der Waals surface area contributed by atoms with Crippen LogP contribution in [0.25, 0.3) is 0 Å². The summed E-state index contributed by atoms with van der Waals surface area (Å²) in [5.41, 5.74) is 2.92. The summed E-state index contributed by atoms with van der Waals surface area (Å²) in [6.07, 6.45) is 4.43. The maximum atomic E-state index is 8.83. The van der Waals surface area contributed by atoms with E-state index in [1.54, 1.807) is 15.6 Å². The van der Waals surface area contributed by atoms with Gasteiger partial charge in [0.25, 0.3) is 0 Å². The Morgan fingerprint density at radius 3 is 2.95 bits per heavy atom. The van der Waals surface area contributed by atoms with Crippen molar-refractivity contribution in [1.29, 1.82) is 0 Å². The minimum Gasteiger partial charge on any atom is -0.394 e. The summed E-state index contributed by atoms with van der Waals surface area (Å²) in [5.74, 6) is 0. The Hall–Kier alpha value is -1.53. The molecule has 0 aliphatic heterocycles. The second kappa shape index (κ2) is 6.08. The lowest BCUT2D eigenvalue weighted by Crippen LogP contribution is -2.03. The smallest absolute Gasteiger partial charge is 0.131 e. The Labute approximate surface area is 117 Å². The van der Waals surface area contributed by atoms with Gasteiger partial charge in [0.15, 0.2) is 0 Å². The van der Waals surface area contributed by atoms with Gasteiger partial charge in [-0.25, -0.2) is 0 Å². The maximum absolute atomic E-state index is 8.83. The summed E-state index contributed by atoms with van der Waals surface area (Å²) in [5, 5.41) is 21.3. The fourth-order valence-electron chi connectivity index (χ4n) is 1.93. The monoisotopic (exact) mass is 283 g/mol. The molecule has 0 spiro atoms. The van der Waals surface area contributed by atoms with Crippen LogP contribution < -0.4 is 5.32 Å². The highest BCUT2D eigenvalue weighted by Crippen LogP contribution is 2.21. The third kappa shape index (κ3) is 3.08. The van der Waals surface area contributed by atoms with Gasteiger partial charge in [-0.3, -0.25) is 9.36 Å². The van der Waals surface area contributed by atoms with E-state index in [1.165, 1.54) is 0 Å². The van der Waals surface area contributed by atoms with Gasteiger partial charge in [-0.2, -0.15) is 10.2 Å². The molecule has 0 fully saturated rings. The van der Waals surface area contributed by atoms with Gasteiger partial charge < -0.3 is 10.4 Å². The van der Waals surface area contributed by atoms with Gasteiger partial charge in [-0.05, 0) is 6.42 Å². The number of nitrogens with zero attached hydrogens (tertiary/aromatic N) is 4. The Morgan fingerprint density at radius 2 is 2.26 bits per heavy atom. The van der Waals surface area contributed by atoms with Crippen LogP contribution in [0, 0.1) is 0 Å². The summed E-state index contributed by atoms with van der Waals surface area (Å²) in [6, 6.07) is 0. The average Bonchev–Trinajstić information content (AvgIpc) is 2.94. The molecule has 19 heavy (non-hydrogen) atoms. The van der Waals surface area contributed by atoms with Crippen molar-refractivity contribution in [3.05, 3.63) is 28.8 Å². The van der Waals surface area contributed by atoms with Crippen LogP contribution in [0.2, 0.25) is 5.15 Å². The standard InChI is InChI=1S/C12H18ClN5O/c1-3-11-10(12(13)17(2)16-11)7-14-9-6-15-18(8-9)4-5-19/h6,8,14,19H,3-5,7H2,1-2H3. The number of rotatable bonds is 6. The van der Waals surface area contributed by atoms with Gasteiger partial charge >= 0.3 is 0 Å². The first kappa shape index (κ1) is 13.9. The number of nitrogens with one attached hydrogen (secondary N) is 1. The van der Waals surface area contributed by atoms with Gasteiger partial charge in [0.2, 0.25) is 0 Å². The number of aliphatic hydroxyl groups excluding tert-OH is 1. The van der Waals surface area contributed by atoms with Crippen LogP contribution in [0.3, 0.4) is 0 Å². The molecule has 0 radical (unpaired) electrons. The summed E-state index contributed by atoms with van der Waals surface area (Å²) in [4.78, 5) is 0. The van der Waals surface area contributed by atoms with Crippen molar-refractivity contribution >= 4 is 17.3 Å². The van der Waals surface area contributed by atoms with Crippen molar-refractivity contribution in [3.63, 3.8) is 0 Å². The number of aryl methyl sites for hydroxylation is 2. The van der Waals surface area contributed by atoms with Crippen LogP contribution in [-0.4, -0.2) is 31.3 Å². The van der Waals surface area contributed by atoms with Crippen molar-refractivity contribution in [2.24, 2.45) is 7.05 Å². The molecular weight excluding hydrogens is 266 g/mol. The first-order chi connectivity index (χ1) is 9.15. The molecule has 0 amide bonds. The van der Waals surface area contributed by atoms with Crippen molar-refractivity contribution in [1.82, 2.24) is 19.6 Å². The third-order valence-electron chi connectivity index (χ3n) is 2.92. The summed E-state index contributed by atoms with van der Waals surface area (Å²) in [7, 11) is 1.84. The van der Waals surface area contributed by atoms with Gasteiger partial charge in [0.05, 0.1) is 30.7 Å². The van der Waals surface area contributed by atoms with Gasteiger partial charge in [-0.1, -0.05) is 18.5 Å². The third-order valence-corrected chi connectivity index (χ3v) is 3.39. The Morgan fingerprint density at radius 1 is 1.47 bits per heavy atom. The van der Waals surface area contributed by atoms with E-state index in [1.807, 2.05) is 13.2 Å². The molecule has 2 aromatic rings. The van der Waals surface area contributed by atoms with Crippen LogP contribution in [0.15, 0.2) is 12.4 Å². The van der Waals surface area contributed by atoms with E-state index in [4.69, 9.17) is 16.7 Å². The first-order valence-electron chi connectivity index (χ1n) is 6.23. The van der Waals surface area contributed by atoms with E-state index in [9.17, 15) is 0 Å². The molecule has 0 atom stereocenters. The van der Waals surface area contributed by atoms with Crippen LogP contribution in [0.4, 0.5) is 5.69 Å². The number of halogens is 1. The molecule has 0 aliphatic rings. The lowest BCUT2D eigenvalue weighted by molar-refractivity contribution is 0.269. The normalized spacial score (nSPS) is 10.9. The Kier molecular flexibility index (Phi) is 4.44. The quantitative estimate of drug-likeness (QED) is 0.842. The molecule has 0 saturated heterocycles. The van der Waals surface area contributed by atoms with Crippen molar-refractivity contribution < 1.29 is 5.11 Å². The molecule has 0 bridgehead atoms. The Balaban J connectivity index is 2.05. The predicted octanol–water partition coefficient (Wildman–Crippen LogP) is 1.44. The lowest BCUT2D eigenvalue weighted by atomic mass is 10.2. The van der Waals surface area contributed by atoms with E-state index in [2.05, 4.69) is 22.4 Å². The minimum atomic E-state index is 0.0789. The fraction of sp³-hybridized carbons (Fsp3) is 0.500. The van der Waals surface area contributed by atoms with Gasteiger partial charge in [-0.15, -0.1) is 0 Å². The molecule has 2 N–H and O–H groups in total. The minimum absolute atomic E-state index is 0.0789. The van der Waals surface area contributed by atoms with E-state index < -0.39 is 0 Å². The van der Waals surface area contributed by atoms with Crippen LogP contribution in [0.1, 0.15) is 18.2 Å². The van der Waals surface area contributed by atoms with Crippen molar-refractivity contribution in [3.8, 4) is 0 Å². The summed E-state index contributed by atoms with van der Waals surface area (Å²) in [6.45, 7) is 3.24. The molecule has 2 heterocycles. The second-order valence-electron chi connectivity index (χ2n) is 4.26. The first-order valence-corrected chi connectivity index (χ1v) is 6.61. The second-order valence-corrected chi connectivity index (χ2v) is 4.62. The van der Waals surface area contributed by atoms with Crippen LogP contribution in [0.5, 0.6) is 0 Å². The number of anilines is 1. The van der Waals surface area contributed by atoms with Crippen LogP contribution >= 0.6 is 11.6 Å². The van der Waals surface area contributed by atoms with Crippen molar-refractivity contribution in [2.75, 3.05) is 11.9 Å². The summed E-state index contributed by atoms with van der Waals surface area (Å²) < 4.78 is 3.38. The highest BCUT2D eigenvalue weighted by atomic mass is 35.5. The van der Waals surface area contributed by atoms with E-state index in [-0.39, 0.29) is 6.61 Å². The topological polar surface area (TPSA) is 67.9 Å². The lowest BCUT2D eigenvalue weighted by Gasteiger charge is -2.04. The zero-order chi connectivity index (χ0) is 13.8. The molecular formula is C12H18ClN5O. The molecule has 0 unspecified atom stereocenters. The largest absolute Gasteiger partial charge is 0.394 e. The van der Waals surface area contributed by atoms with E-state index in [0.717, 1.165) is 23.4 Å². The molecule has 6 nitrogen and oxygen atoms in total. The predicted molar refractivity (Wildman–Crippen MR) is 74.2 cm³/mol. The SMILES string of the molecule is CCc1nn(C)c(Cl)c1CNc1cnn(CCO)c1. The number of hydrogen-bond donors (Lipinski definition) is 2. The molecule has 2 rings (SSSR count). The van der Waals surface area contributed by atoms with Crippen molar-refractivity contribution in [2.45, 2.75) is 26.4 Å². The van der Waals surface area contributed by atoms with E-state index in [0.29, 0.717) is 18.2 Å². The highest BCUT2D eigenvalue weighted by Gasteiger charge is 2.12. The number of aliphatic hydroxyl groups is 1. The van der Waals surface area contributed by atoms with Gasteiger partial charge in [0.1, 0.15) is 5.15 Å². The molecule has 0 saturated carbocycles. The zero-order valence-corrected chi connectivity index (χ0v) is 11.9. The molecule has 0 aliphatic carbocycles. The molecule has 7 heteroatoms. The molecule has 2 aromatic heterocycles.